The zero-order valence-corrected chi connectivity index (χ0v) is 16.6. The highest BCUT2D eigenvalue weighted by molar-refractivity contribution is 7.99. The molecular formula is C20H23N3O3S. The molecule has 1 aromatic heterocycles. The summed E-state index contributed by atoms with van der Waals surface area (Å²) >= 11 is 1.31. The summed E-state index contributed by atoms with van der Waals surface area (Å²) in [7, 11) is 1.51. The van der Waals surface area contributed by atoms with E-state index in [2.05, 4.69) is 21.7 Å². The molecule has 1 aromatic carbocycles. The molecule has 0 bridgehead atoms. The Bertz CT molecular complexity index is 874. The number of thioether (sulfide) groups is 1. The normalized spacial score (nSPS) is 12.6. The average Bonchev–Trinajstić information content (AvgIpc) is 2.65. The smallest absolute Gasteiger partial charge is 0.272 e. The predicted molar refractivity (Wildman–Crippen MR) is 109 cm³/mol. The van der Waals surface area contributed by atoms with Gasteiger partial charge in [-0.05, 0) is 50.4 Å². The minimum Gasteiger partial charge on any atom is -0.470 e. The molecule has 27 heavy (non-hydrogen) atoms. The third-order valence-electron chi connectivity index (χ3n) is 3.62. The fourth-order valence-electron chi connectivity index (χ4n) is 2.32. The lowest BCUT2D eigenvalue weighted by molar-refractivity contribution is -0.125. The quantitative estimate of drug-likeness (QED) is 0.414. The van der Waals surface area contributed by atoms with E-state index in [1.165, 1.54) is 18.9 Å². The van der Waals surface area contributed by atoms with Crippen LogP contribution in [0.2, 0.25) is 0 Å². The van der Waals surface area contributed by atoms with Crippen molar-refractivity contribution in [2.45, 2.75) is 24.8 Å². The van der Waals surface area contributed by atoms with E-state index >= 15 is 0 Å². The molecule has 0 saturated carbocycles. The van der Waals surface area contributed by atoms with Crippen LogP contribution < -0.4 is 15.5 Å². The van der Waals surface area contributed by atoms with E-state index in [1.807, 2.05) is 38.3 Å². The van der Waals surface area contributed by atoms with Crippen LogP contribution in [0.5, 0.6) is 5.75 Å². The predicted octanol–water partition coefficient (Wildman–Crippen LogP) is 2.84. The number of ether oxygens (including phenoxy) is 1. The molecule has 7 heteroatoms. The molecule has 0 fully saturated rings. The lowest BCUT2D eigenvalue weighted by Gasteiger charge is -2.25. The van der Waals surface area contributed by atoms with Crippen LogP contribution >= 0.6 is 11.8 Å². The number of amides is 1. The minimum absolute atomic E-state index is 0.231. The first kappa shape index (κ1) is 20.6. The maximum absolute atomic E-state index is 12.6. The third kappa shape index (κ3) is 5.91. The van der Waals surface area contributed by atoms with Crippen LogP contribution in [-0.4, -0.2) is 35.2 Å². The van der Waals surface area contributed by atoms with Gasteiger partial charge in [0.25, 0.3) is 5.91 Å². The van der Waals surface area contributed by atoms with Gasteiger partial charge in [0.1, 0.15) is 5.75 Å². The summed E-state index contributed by atoms with van der Waals surface area (Å²) in [6.07, 6.45) is 12.3. The molecular weight excluding hydrogens is 362 g/mol. The zero-order chi connectivity index (χ0) is 19.9. The van der Waals surface area contributed by atoms with Gasteiger partial charge in [-0.1, -0.05) is 5.92 Å². The number of carbonyl (C=O) groups is 1. The van der Waals surface area contributed by atoms with Crippen molar-refractivity contribution in [3.63, 3.8) is 0 Å². The topological polar surface area (TPSA) is 72.5 Å². The number of hydrogen-bond acceptors (Lipinski definition) is 6. The number of nitrogens with zero attached hydrogens (tertiary/aromatic N) is 1. The highest BCUT2D eigenvalue weighted by atomic mass is 32.2. The molecule has 2 aromatic rings. The van der Waals surface area contributed by atoms with Crippen LogP contribution in [0, 0.1) is 12.3 Å². The molecule has 0 radical (unpaired) electrons. The highest BCUT2D eigenvalue weighted by Gasteiger charge is 2.25. The van der Waals surface area contributed by atoms with Gasteiger partial charge < -0.3 is 10.1 Å². The lowest BCUT2D eigenvalue weighted by Crippen LogP contribution is -2.47. The van der Waals surface area contributed by atoms with Crippen molar-refractivity contribution in [1.29, 1.82) is 0 Å². The first-order valence-corrected chi connectivity index (χ1v) is 9.51. The number of fused-ring (bicyclic) bond motifs is 1. The van der Waals surface area contributed by atoms with E-state index in [0.717, 1.165) is 10.9 Å². The molecule has 2 N–H and O–H groups in total. The first-order valence-electron chi connectivity index (χ1n) is 8.22. The molecule has 1 atom stereocenters. The van der Waals surface area contributed by atoms with Gasteiger partial charge in [0, 0.05) is 23.3 Å². The van der Waals surface area contributed by atoms with Gasteiger partial charge in [0.2, 0.25) is 5.44 Å². The van der Waals surface area contributed by atoms with Gasteiger partial charge in [-0.25, -0.2) is 0 Å². The van der Waals surface area contributed by atoms with Gasteiger partial charge >= 0.3 is 0 Å². The van der Waals surface area contributed by atoms with Gasteiger partial charge in [-0.2, -0.15) is 0 Å². The van der Waals surface area contributed by atoms with E-state index in [1.54, 1.807) is 24.5 Å². The number of terminal acetylenes is 1. The van der Waals surface area contributed by atoms with Crippen molar-refractivity contribution < 1.29 is 14.4 Å². The second-order valence-electron chi connectivity index (χ2n) is 6.27. The molecule has 0 aliphatic rings. The SMILES string of the molecule is C#Cc1cnc2ccc(OC(SC)C(=O)NC(C)(C)C=CNOC)cc2c1. The van der Waals surface area contributed by atoms with Crippen LogP contribution in [0.25, 0.3) is 10.9 Å². The Morgan fingerprint density at radius 2 is 2.19 bits per heavy atom. The Kier molecular flexibility index (Phi) is 7.11. The number of pyridine rings is 1. The summed E-state index contributed by atoms with van der Waals surface area (Å²) in [5.41, 5.74) is 2.82. The maximum Gasteiger partial charge on any atom is 0.272 e. The van der Waals surface area contributed by atoms with E-state index < -0.39 is 11.0 Å². The Balaban J connectivity index is 2.12. The molecule has 142 valence electrons. The molecule has 0 aliphatic heterocycles. The Labute approximate surface area is 163 Å². The summed E-state index contributed by atoms with van der Waals surface area (Å²) in [5, 5.41) is 3.79. The van der Waals surface area contributed by atoms with Gasteiger partial charge in [0.05, 0.1) is 18.2 Å². The summed E-state index contributed by atoms with van der Waals surface area (Å²) in [5.74, 6) is 2.90. The van der Waals surface area contributed by atoms with Crippen LogP contribution in [0.1, 0.15) is 19.4 Å². The number of rotatable bonds is 8. The zero-order valence-electron chi connectivity index (χ0n) is 15.8. The lowest BCUT2D eigenvalue weighted by atomic mass is 10.1. The number of nitrogens with one attached hydrogen (secondary N) is 2. The summed E-state index contributed by atoms with van der Waals surface area (Å²) in [4.78, 5) is 21.7. The average molecular weight is 385 g/mol. The molecule has 1 amide bonds. The molecule has 0 aliphatic carbocycles. The second-order valence-corrected chi connectivity index (χ2v) is 7.17. The Morgan fingerprint density at radius 3 is 2.85 bits per heavy atom. The molecule has 2 rings (SSSR count). The fourth-order valence-corrected chi connectivity index (χ4v) is 2.80. The van der Waals surface area contributed by atoms with Crippen LogP contribution in [0.3, 0.4) is 0 Å². The van der Waals surface area contributed by atoms with E-state index in [-0.39, 0.29) is 5.91 Å². The molecule has 0 spiro atoms. The monoisotopic (exact) mass is 385 g/mol. The molecule has 6 nitrogen and oxygen atoms in total. The first-order chi connectivity index (χ1) is 12.9. The van der Waals surface area contributed by atoms with Crippen LogP contribution in [-0.2, 0) is 9.63 Å². The van der Waals surface area contributed by atoms with Crippen molar-refractivity contribution in [3.05, 3.63) is 48.3 Å². The van der Waals surface area contributed by atoms with Gasteiger partial charge in [-0.3, -0.25) is 20.1 Å². The van der Waals surface area contributed by atoms with Crippen LogP contribution in [0.4, 0.5) is 0 Å². The van der Waals surface area contributed by atoms with Crippen molar-refractivity contribution in [2.75, 3.05) is 13.4 Å². The minimum atomic E-state index is -0.700. The summed E-state index contributed by atoms with van der Waals surface area (Å²) < 4.78 is 5.89. The van der Waals surface area contributed by atoms with Gasteiger partial charge in [0.15, 0.2) is 0 Å². The van der Waals surface area contributed by atoms with Crippen molar-refractivity contribution in [1.82, 2.24) is 15.8 Å². The third-order valence-corrected chi connectivity index (χ3v) is 4.36. The van der Waals surface area contributed by atoms with E-state index in [4.69, 9.17) is 16.0 Å². The molecule has 0 saturated heterocycles. The Hall–Kier alpha value is -2.69. The van der Waals surface area contributed by atoms with E-state index in [9.17, 15) is 4.79 Å². The second kappa shape index (κ2) is 9.31. The van der Waals surface area contributed by atoms with Crippen LogP contribution in [0.15, 0.2) is 42.7 Å². The molecule has 1 heterocycles. The number of benzene rings is 1. The number of hydrogen-bond donors (Lipinski definition) is 2. The summed E-state index contributed by atoms with van der Waals surface area (Å²) in [6.45, 7) is 3.75. The van der Waals surface area contributed by atoms with E-state index in [0.29, 0.717) is 11.3 Å². The van der Waals surface area contributed by atoms with Gasteiger partial charge in [-0.15, -0.1) is 18.2 Å². The summed E-state index contributed by atoms with van der Waals surface area (Å²) in [6, 6.07) is 7.31. The maximum atomic E-state index is 12.6. The number of carbonyl (C=O) groups excluding carboxylic acids is 1. The van der Waals surface area contributed by atoms with Crippen molar-refractivity contribution >= 4 is 28.6 Å². The Morgan fingerprint density at radius 1 is 1.41 bits per heavy atom. The highest BCUT2D eigenvalue weighted by Crippen LogP contribution is 2.23. The number of hydroxylamine groups is 1. The standard InChI is InChI=1S/C20H23N3O3S/c1-6-14-11-15-12-16(7-8-17(15)21-13-14)26-19(27-5)18(24)23-20(2,3)9-10-22-25-4/h1,7-13,19,22H,2-5H3,(H,23,24). The largest absolute Gasteiger partial charge is 0.470 e. The fraction of sp³-hybridized carbons (Fsp3) is 0.300. The van der Waals surface area contributed by atoms with Crippen molar-refractivity contribution in [3.8, 4) is 18.1 Å². The van der Waals surface area contributed by atoms with Crippen molar-refractivity contribution in [2.24, 2.45) is 0 Å². The number of aromatic nitrogens is 1. The molecule has 1 unspecified atom stereocenters.